The maximum Gasteiger partial charge on any atom is 0.228 e. The molecule has 1 aromatic heterocycles. The van der Waals surface area contributed by atoms with Crippen LogP contribution in [0.25, 0.3) is 0 Å². The minimum absolute atomic E-state index is 0.0466. The number of amides is 2. The molecule has 5 rings (SSSR count). The molecule has 2 aromatic rings. The van der Waals surface area contributed by atoms with Crippen LogP contribution in [0, 0.1) is 18.8 Å². The van der Waals surface area contributed by atoms with E-state index in [4.69, 9.17) is 0 Å². The van der Waals surface area contributed by atoms with Crippen molar-refractivity contribution in [1.82, 2.24) is 14.7 Å². The first-order chi connectivity index (χ1) is 14.6. The van der Waals surface area contributed by atoms with Gasteiger partial charge in [-0.05, 0) is 63.0 Å². The van der Waals surface area contributed by atoms with Crippen LogP contribution in [0.2, 0.25) is 0 Å². The fourth-order valence-corrected chi connectivity index (χ4v) is 4.99. The van der Waals surface area contributed by atoms with Crippen LogP contribution in [0.5, 0.6) is 0 Å². The number of piperidine rings is 1. The van der Waals surface area contributed by atoms with Crippen LogP contribution < -0.4 is 5.32 Å². The molecule has 1 aromatic carbocycles. The summed E-state index contributed by atoms with van der Waals surface area (Å²) in [5.41, 5.74) is 3.69. The summed E-state index contributed by atoms with van der Waals surface area (Å²) in [6.07, 6.45) is 8.66. The third-order valence-electron chi connectivity index (χ3n) is 6.96. The van der Waals surface area contributed by atoms with Crippen molar-refractivity contribution < 1.29 is 9.59 Å². The van der Waals surface area contributed by atoms with E-state index in [1.165, 1.54) is 11.1 Å². The summed E-state index contributed by atoms with van der Waals surface area (Å²) in [6.45, 7) is 3.40. The van der Waals surface area contributed by atoms with Crippen molar-refractivity contribution in [2.45, 2.75) is 57.9 Å². The standard InChI is InChI=1S/C24H30N4O2/c1-16-15-25-28(21-8-4-6-17-5-2-3-7-20(17)21)22(16)26-23(29)18-11-13-27(14-12-18)24(30)19-9-10-19/h2-3,5,7,15,18-19,21H,4,6,8-14H2,1H3,(H,26,29). The van der Waals surface area contributed by atoms with E-state index in [0.29, 0.717) is 19.0 Å². The maximum absolute atomic E-state index is 13.1. The van der Waals surface area contributed by atoms with Crippen molar-refractivity contribution in [3.63, 3.8) is 0 Å². The van der Waals surface area contributed by atoms with E-state index < -0.39 is 0 Å². The Bertz CT molecular complexity index is 954. The number of rotatable bonds is 4. The van der Waals surface area contributed by atoms with E-state index in [2.05, 4.69) is 34.7 Å². The smallest absolute Gasteiger partial charge is 0.228 e. The highest BCUT2D eigenvalue weighted by Gasteiger charge is 2.36. The predicted octanol–water partition coefficient (Wildman–Crippen LogP) is 3.70. The first-order valence-electron chi connectivity index (χ1n) is 11.3. The zero-order valence-electron chi connectivity index (χ0n) is 17.6. The van der Waals surface area contributed by atoms with E-state index in [1.807, 2.05) is 22.7 Å². The average molecular weight is 407 g/mol. The first kappa shape index (κ1) is 19.3. The Labute approximate surface area is 177 Å². The maximum atomic E-state index is 13.1. The fraction of sp³-hybridized carbons (Fsp3) is 0.542. The van der Waals surface area contributed by atoms with Gasteiger partial charge in [-0.25, -0.2) is 4.68 Å². The first-order valence-corrected chi connectivity index (χ1v) is 11.3. The molecule has 1 unspecified atom stereocenters. The van der Waals surface area contributed by atoms with Gasteiger partial charge < -0.3 is 10.2 Å². The molecule has 6 nitrogen and oxygen atoms in total. The van der Waals surface area contributed by atoms with Gasteiger partial charge in [-0.2, -0.15) is 5.10 Å². The number of aromatic nitrogens is 2. The molecule has 1 atom stereocenters. The predicted molar refractivity (Wildman–Crippen MR) is 115 cm³/mol. The number of anilines is 1. The lowest BCUT2D eigenvalue weighted by molar-refractivity contribution is -0.135. The summed E-state index contributed by atoms with van der Waals surface area (Å²) in [4.78, 5) is 27.3. The SMILES string of the molecule is Cc1cnn(C2CCCc3ccccc32)c1NC(=O)C1CCN(C(=O)C2CC2)CC1. The van der Waals surface area contributed by atoms with Crippen LogP contribution in [0.4, 0.5) is 5.82 Å². The van der Waals surface area contributed by atoms with E-state index in [9.17, 15) is 9.59 Å². The summed E-state index contributed by atoms with van der Waals surface area (Å²) in [7, 11) is 0. The number of likely N-dealkylation sites (tertiary alicyclic amines) is 1. The zero-order chi connectivity index (χ0) is 20.7. The molecule has 1 N–H and O–H groups in total. The Balaban J connectivity index is 1.29. The summed E-state index contributed by atoms with van der Waals surface area (Å²) in [5, 5.41) is 7.84. The summed E-state index contributed by atoms with van der Waals surface area (Å²) < 4.78 is 2.01. The van der Waals surface area contributed by atoms with Gasteiger partial charge in [0.05, 0.1) is 12.2 Å². The van der Waals surface area contributed by atoms with Crippen molar-refractivity contribution >= 4 is 17.6 Å². The van der Waals surface area contributed by atoms with Crippen LogP contribution >= 0.6 is 0 Å². The topological polar surface area (TPSA) is 67.2 Å². The van der Waals surface area contributed by atoms with Crippen molar-refractivity contribution in [3.05, 3.63) is 47.2 Å². The van der Waals surface area contributed by atoms with E-state index in [-0.39, 0.29) is 23.8 Å². The molecule has 0 bridgehead atoms. The highest BCUT2D eigenvalue weighted by molar-refractivity contribution is 5.92. The summed E-state index contributed by atoms with van der Waals surface area (Å²) in [6, 6.07) is 8.74. The number of carbonyl (C=O) groups is 2. The molecule has 158 valence electrons. The van der Waals surface area contributed by atoms with Gasteiger partial charge in [-0.15, -0.1) is 0 Å². The van der Waals surface area contributed by atoms with Gasteiger partial charge >= 0.3 is 0 Å². The number of aryl methyl sites for hydroxylation is 2. The normalized spacial score (nSPS) is 21.9. The molecule has 30 heavy (non-hydrogen) atoms. The number of fused-ring (bicyclic) bond motifs is 1. The van der Waals surface area contributed by atoms with Gasteiger partial charge in [0.25, 0.3) is 0 Å². The minimum atomic E-state index is -0.0466. The summed E-state index contributed by atoms with van der Waals surface area (Å²) >= 11 is 0. The lowest BCUT2D eigenvalue weighted by atomic mass is 9.88. The van der Waals surface area contributed by atoms with Crippen molar-refractivity contribution in [2.75, 3.05) is 18.4 Å². The summed E-state index contributed by atoms with van der Waals surface area (Å²) in [5.74, 6) is 1.37. The van der Waals surface area contributed by atoms with Crippen molar-refractivity contribution in [1.29, 1.82) is 0 Å². The van der Waals surface area contributed by atoms with Crippen LogP contribution in [0.1, 0.15) is 61.3 Å². The highest BCUT2D eigenvalue weighted by Crippen LogP contribution is 2.36. The average Bonchev–Trinajstić information content (AvgIpc) is 3.57. The third kappa shape index (κ3) is 3.64. The molecular weight excluding hydrogens is 376 g/mol. The number of benzene rings is 1. The molecule has 2 heterocycles. The van der Waals surface area contributed by atoms with E-state index in [1.54, 1.807) is 0 Å². The highest BCUT2D eigenvalue weighted by atomic mass is 16.2. The Morgan fingerprint density at radius 2 is 1.80 bits per heavy atom. The Kier molecular flexibility index (Phi) is 5.09. The molecule has 3 aliphatic rings. The molecular formula is C24H30N4O2. The molecule has 2 fully saturated rings. The Morgan fingerprint density at radius 1 is 1.03 bits per heavy atom. The second-order valence-corrected chi connectivity index (χ2v) is 9.09. The molecule has 1 saturated heterocycles. The third-order valence-corrected chi connectivity index (χ3v) is 6.96. The van der Waals surface area contributed by atoms with Gasteiger partial charge in [0, 0.05) is 30.5 Å². The quantitative estimate of drug-likeness (QED) is 0.842. The lowest BCUT2D eigenvalue weighted by Gasteiger charge is -2.32. The monoisotopic (exact) mass is 406 g/mol. The number of hydrogen-bond donors (Lipinski definition) is 1. The van der Waals surface area contributed by atoms with Gasteiger partial charge in [-0.3, -0.25) is 9.59 Å². The van der Waals surface area contributed by atoms with Gasteiger partial charge in [0.1, 0.15) is 5.82 Å². The molecule has 0 spiro atoms. The minimum Gasteiger partial charge on any atom is -0.342 e. The molecule has 0 radical (unpaired) electrons. The van der Waals surface area contributed by atoms with E-state index in [0.717, 1.165) is 56.3 Å². The van der Waals surface area contributed by atoms with Gasteiger partial charge in [0.2, 0.25) is 11.8 Å². The van der Waals surface area contributed by atoms with Crippen molar-refractivity contribution in [3.8, 4) is 0 Å². The zero-order valence-corrected chi connectivity index (χ0v) is 17.6. The second kappa shape index (κ2) is 7.89. The Hall–Kier alpha value is -2.63. The largest absolute Gasteiger partial charge is 0.342 e. The second-order valence-electron chi connectivity index (χ2n) is 9.09. The molecule has 6 heteroatoms. The number of nitrogens with zero attached hydrogens (tertiary/aromatic N) is 3. The van der Waals surface area contributed by atoms with Crippen LogP contribution in [0.3, 0.4) is 0 Å². The Morgan fingerprint density at radius 3 is 2.57 bits per heavy atom. The van der Waals surface area contributed by atoms with Gasteiger partial charge in [0.15, 0.2) is 0 Å². The number of nitrogens with one attached hydrogen (secondary N) is 1. The number of hydrogen-bond acceptors (Lipinski definition) is 3. The van der Waals surface area contributed by atoms with Crippen molar-refractivity contribution in [2.24, 2.45) is 11.8 Å². The molecule has 1 saturated carbocycles. The number of carbonyl (C=O) groups excluding carboxylic acids is 2. The fourth-order valence-electron chi connectivity index (χ4n) is 4.99. The van der Waals surface area contributed by atoms with Crippen LogP contribution in [0.15, 0.2) is 30.5 Å². The van der Waals surface area contributed by atoms with Crippen LogP contribution in [-0.2, 0) is 16.0 Å². The molecule has 2 amide bonds. The molecule has 2 aliphatic carbocycles. The molecule has 1 aliphatic heterocycles. The van der Waals surface area contributed by atoms with E-state index >= 15 is 0 Å². The van der Waals surface area contributed by atoms with Gasteiger partial charge in [-0.1, -0.05) is 24.3 Å². The van der Waals surface area contributed by atoms with Crippen LogP contribution in [-0.4, -0.2) is 39.6 Å². The lowest BCUT2D eigenvalue weighted by Crippen LogP contribution is -2.42.